The van der Waals surface area contributed by atoms with E-state index in [0.29, 0.717) is 24.3 Å². The van der Waals surface area contributed by atoms with Crippen LogP contribution in [0.5, 0.6) is 0 Å². The van der Waals surface area contributed by atoms with Crippen molar-refractivity contribution in [3.05, 3.63) is 12.2 Å². The van der Waals surface area contributed by atoms with Gasteiger partial charge in [0.15, 0.2) is 9.84 Å². The molecular formula is C12H19NO2S. The van der Waals surface area contributed by atoms with Gasteiger partial charge in [0, 0.05) is 12.6 Å². The minimum atomic E-state index is -2.77. The van der Waals surface area contributed by atoms with Crippen LogP contribution in [-0.4, -0.2) is 32.0 Å². The average molecular weight is 241 g/mol. The molecule has 0 aromatic rings. The van der Waals surface area contributed by atoms with Crippen molar-refractivity contribution >= 4 is 9.84 Å². The maximum Gasteiger partial charge on any atom is 0.154 e. The molecule has 16 heavy (non-hydrogen) atoms. The summed E-state index contributed by atoms with van der Waals surface area (Å²) in [5, 5.41) is 3.34. The second-order valence-electron chi connectivity index (χ2n) is 5.38. The zero-order chi connectivity index (χ0) is 11.2. The first-order chi connectivity index (χ1) is 7.67. The summed E-state index contributed by atoms with van der Waals surface area (Å²) < 4.78 is 23.3. The fraction of sp³-hybridized carbons (Fsp3) is 0.833. The van der Waals surface area contributed by atoms with Gasteiger partial charge in [-0.1, -0.05) is 12.2 Å². The number of sulfone groups is 1. The SMILES string of the molecule is O=S1(=O)CCCC1CNC1CC2CC=CC21. The molecule has 1 N–H and O–H groups in total. The number of fused-ring (bicyclic) bond motifs is 1. The molecule has 0 bridgehead atoms. The van der Waals surface area contributed by atoms with E-state index >= 15 is 0 Å². The van der Waals surface area contributed by atoms with Crippen LogP contribution in [0.1, 0.15) is 25.7 Å². The highest BCUT2D eigenvalue weighted by atomic mass is 32.2. The van der Waals surface area contributed by atoms with Crippen molar-refractivity contribution in [2.45, 2.75) is 37.0 Å². The Labute approximate surface area is 97.2 Å². The molecule has 1 heterocycles. The highest BCUT2D eigenvalue weighted by Crippen LogP contribution is 2.42. The molecule has 0 aromatic carbocycles. The Morgan fingerprint density at radius 1 is 1.38 bits per heavy atom. The lowest BCUT2D eigenvalue weighted by Crippen LogP contribution is -2.50. The van der Waals surface area contributed by atoms with Crippen molar-refractivity contribution in [1.82, 2.24) is 5.32 Å². The van der Waals surface area contributed by atoms with E-state index < -0.39 is 9.84 Å². The second-order valence-corrected chi connectivity index (χ2v) is 7.78. The van der Waals surface area contributed by atoms with Gasteiger partial charge >= 0.3 is 0 Å². The Kier molecular flexibility index (Phi) is 2.59. The van der Waals surface area contributed by atoms with Crippen LogP contribution >= 0.6 is 0 Å². The molecule has 0 amide bonds. The first-order valence-corrected chi connectivity index (χ1v) is 8.00. The summed E-state index contributed by atoms with van der Waals surface area (Å²) in [5.74, 6) is 1.93. The van der Waals surface area contributed by atoms with E-state index in [-0.39, 0.29) is 5.25 Å². The van der Waals surface area contributed by atoms with Crippen molar-refractivity contribution in [3.8, 4) is 0 Å². The third-order valence-electron chi connectivity index (χ3n) is 4.43. The lowest BCUT2D eigenvalue weighted by atomic mass is 9.71. The van der Waals surface area contributed by atoms with Gasteiger partial charge in [-0.25, -0.2) is 8.42 Å². The summed E-state index contributed by atoms with van der Waals surface area (Å²) in [6.45, 7) is 0.671. The van der Waals surface area contributed by atoms with Crippen LogP contribution in [0.4, 0.5) is 0 Å². The summed E-state index contributed by atoms with van der Waals surface area (Å²) in [6.07, 6.45) is 8.73. The summed E-state index contributed by atoms with van der Waals surface area (Å²) >= 11 is 0. The third-order valence-corrected chi connectivity index (χ3v) is 6.71. The molecule has 0 spiro atoms. The first-order valence-electron chi connectivity index (χ1n) is 6.28. The topological polar surface area (TPSA) is 46.2 Å². The molecule has 4 atom stereocenters. The predicted octanol–water partition coefficient (Wildman–Crippen LogP) is 1.12. The van der Waals surface area contributed by atoms with Crippen LogP contribution in [0, 0.1) is 11.8 Å². The molecule has 1 saturated heterocycles. The average Bonchev–Trinajstić information content (AvgIpc) is 2.72. The molecule has 1 aliphatic heterocycles. The van der Waals surface area contributed by atoms with Crippen molar-refractivity contribution < 1.29 is 8.42 Å². The molecule has 2 aliphatic carbocycles. The second kappa shape index (κ2) is 3.84. The van der Waals surface area contributed by atoms with Gasteiger partial charge in [0.2, 0.25) is 0 Å². The largest absolute Gasteiger partial charge is 0.312 e. The van der Waals surface area contributed by atoms with E-state index in [0.717, 1.165) is 18.8 Å². The molecule has 2 fully saturated rings. The summed E-state index contributed by atoms with van der Waals surface area (Å²) in [4.78, 5) is 0. The Morgan fingerprint density at radius 3 is 2.94 bits per heavy atom. The van der Waals surface area contributed by atoms with E-state index in [9.17, 15) is 8.42 Å². The standard InChI is InChI=1S/C12H19NO2S/c14-16(15)6-2-4-10(16)8-13-12-7-9-3-1-5-11(9)12/h1,5,9-13H,2-4,6-8H2. The molecule has 4 heteroatoms. The quantitative estimate of drug-likeness (QED) is 0.753. The number of nitrogens with one attached hydrogen (secondary N) is 1. The van der Waals surface area contributed by atoms with Crippen molar-refractivity contribution in [2.75, 3.05) is 12.3 Å². The highest BCUT2D eigenvalue weighted by molar-refractivity contribution is 7.92. The fourth-order valence-corrected chi connectivity index (χ4v) is 5.10. The zero-order valence-electron chi connectivity index (χ0n) is 9.43. The van der Waals surface area contributed by atoms with Gasteiger partial charge in [-0.3, -0.25) is 0 Å². The molecule has 3 aliphatic rings. The lowest BCUT2D eigenvalue weighted by Gasteiger charge is -2.41. The van der Waals surface area contributed by atoms with Crippen LogP contribution in [0.2, 0.25) is 0 Å². The predicted molar refractivity (Wildman–Crippen MR) is 64.0 cm³/mol. The maximum atomic E-state index is 11.7. The normalized spacial score (nSPS) is 44.2. The van der Waals surface area contributed by atoms with Crippen LogP contribution in [0.25, 0.3) is 0 Å². The van der Waals surface area contributed by atoms with Crippen molar-refractivity contribution in [3.63, 3.8) is 0 Å². The monoisotopic (exact) mass is 241 g/mol. The summed E-state index contributed by atoms with van der Waals surface area (Å²) in [5.41, 5.74) is 0. The van der Waals surface area contributed by atoms with E-state index in [4.69, 9.17) is 0 Å². The molecule has 0 aromatic heterocycles. The van der Waals surface area contributed by atoms with Crippen LogP contribution in [0.15, 0.2) is 12.2 Å². The van der Waals surface area contributed by atoms with Gasteiger partial charge in [-0.2, -0.15) is 0 Å². The van der Waals surface area contributed by atoms with Gasteiger partial charge in [-0.15, -0.1) is 0 Å². The van der Waals surface area contributed by atoms with E-state index in [1.54, 1.807) is 0 Å². The van der Waals surface area contributed by atoms with E-state index in [1.165, 1.54) is 12.8 Å². The highest BCUT2D eigenvalue weighted by Gasteiger charge is 2.41. The van der Waals surface area contributed by atoms with E-state index in [1.807, 2.05) is 0 Å². The molecule has 3 rings (SSSR count). The third kappa shape index (κ3) is 1.72. The van der Waals surface area contributed by atoms with Gasteiger partial charge in [0.1, 0.15) is 0 Å². The Balaban J connectivity index is 1.52. The Bertz CT molecular complexity index is 401. The molecule has 1 saturated carbocycles. The molecular weight excluding hydrogens is 222 g/mol. The van der Waals surface area contributed by atoms with Gasteiger partial charge in [0.25, 0.3) is 0 Å². The van der Waals surface area contributed by atoms with Crippen LogP contribution in [-0.2, 0) is 9.84 Å². The fourth-order valence-electron chi connectivity index (χ4n) is 3.32. The lowest BCUT2D eigenvalue weighted by molar-refractivity contribution is 0.164. The summed E-state index contributed by atoms with van der Waals surface area (Å²) in [7, 11) is -2.77. The van der Waals surface area contributed by atoms with Gasteiger partial charge in [0.05, 0.1) is 11.0 Å². The molecule has 90 valence electrons. The smallest absolute Gasteiger partial charge is 0.154 e. The summed E-state index contributed by atoms with van der Waals surface area (Å²) in [6, 6.07) is 0.541. The molecule has 4 unspecified atom stereocenters. The number of allylic oxidation sites excluding steroid dienone is 1. The van der Waals surface area contributed by atoms with Crippen molar-refractivity contribution in [1.29, 1.82) is 0 Å². The Morgan fingerprint density at radius 2 is 2.25 bits per heavy atom. The van der Waals surface area contributed by atoms with Crippen LogP contribution in [0.3, 0.4) is 0 Å². The minimum Gasteiger partial charge on any atom is -0.312 e. The number of hydrogen-bond donors (Lipinski definition) is 1. The van der Waals surface area contributed by atoms with Gasteiger partial charge < -0.3 is 5.32 Å². The zero-order valence-corrected chi connectivity index (χ0v) is 10.2. The van der Waals surface area contributed by atoms with Crippen LogP contribution < -0.4 is 5.32 Å². The van der Waals surface area contributed by atoms with Crippen molar-refractivity contribution in [2.24, 2.45) is 11.8 Å². The molecule has 3 nitrogen and oxygen atoms in total. The van der Waals surface area contributed by atoms with Gasteiger partial charge in [-0.05, 0) is 37.5 Å². The first kappa shape index (κ1) is 10.8. The molecule has 0 radical (unpaired) electrons. The number of rotatable bonds is 3. The Hall–Kier alpha value is -0.350. The minimum absolute atomic E-state index is 0.114. The number of hydrogen-bond acceptors (Lipinski definition) is 3. The van der Waals surface area contributed by atoms with E-state index in [2.05, 4.69) is 17.5 Å². The maximum absolute atomic E-state index is 11.7.